The minimum Gasteiger partial charge on any atom is -0.298 e. The van der Waals surface area contributed by atoms with E-state index in [-0.39, 0.29) is 5.56 Å². The zero-order valence-corrected chi connectivity index (χ0v) is 11.9. The fourth-order valence-corrected chi connectivity index (χ4v) is 2.94. The van der Waals surface area contributed by atoms with Gasteiger partial charge in [-0.15, -0.1) is 0 Å². The summed E-state index contributed by atoms with van der Waals surface area (Å²) < 4.78 is 26.8. The predicted molar refractivity (Wildman–Crippen MR) is 78.9 cm³/mol. The number of fused-ring (bicyclic) bond motifs is 1. The first-order chi connectivity index (χ1) is 10.0. The van der Waals surface area contributed by atoms with Gasteiger partial charge in [0.2, 0.25) is 0 Å². The second-order valence-electron chi connectivity index (χ2n) is 4.19. The average molecular weight is 325 g/mol. The quantitative estimate of drug-likeness (QED) is 0.755. The van der Waals surface area contributed by atoms with Crippen LogP contribution < -0.4 is 5.32 Å². The molecule has 0 fully saturated rings. The maximum Gasteiger partial charge on any atom is 0.257 e. The summed E-state index contributed by atoms with van der Waals surface area (Å²) in [4.78, 5) is 16.2. The maximum absolute atomic E-state index is 13.1. The van der Waals surface area contributed by atoms with Crippen LogP contribution in [0.25, 0.3) is 10.2 Å². The molecule has 0 aliphatic heterocycles. The van der Waals surface area contributed by atoms with E-state index in [1.165, 1.54) is 17.4 Å². The van der Waals surface area contributed by atoms with Crippen LogP contribution in [0.2, 0.25) is 5.02 Å². The standard InChI is InChI=1S/C14H7ClF2N2OS/c15-8-2-1-3-11-12(8)18-14(21-11)19-13(20)7-4-5-9(16)10(17)6-7/h1-6H,(H,18,19,20). The SMILES string of the molecule is O=C(Nc1nc2c(Cl)cccc2s1)c1ccc(F)c(F)c1. The molecule has 0 aliphatic rings. The Morgan fingerprint density at radius 2 is 2.00 bits per heavy atom. The molecule has 3 aromatic rings. The molecule has 1 heterocycles. The number of aromatic nitrogens is 1. The minimum absolute atomic E-state index is 0.0132. The molecule has 3 nitrogen and oxygen atoms in total. The van der Waals surface area contributed by atoms with E-state index in [1.807, 2.05) is 6.07 Å². The Hall–Kier alpha value is -2.05. The topological polar surface area (TPSA) is 42.0 Å². The van der Waals surface area contributed by atoms with E-state index < -0.39 is 17.5 Å². The largest absolute Gasteiger partial charge is 0.298 e. The van der Waals surface area contributed by atoms with Crippen LogP contribution in [-0.2, 0) is 0 Å². The number of benzene rings is 2. The van der Waals surface area contributed by atoms with Crippen LogP contribution in [0.1, 0.15) is 10.4 Å². The number of anilines is 1. The van der Waals surface area contributed by atoms with Crippen LogP contribution in [0.5, 0.6) is 0 Å². The molecular formula is C14H7ClF2N2OS. The maximum atomic E-state index is 13.1. The van der Waals surface area contributed by atoms with Gasteiger partial charge in [-0.25, -0.2) is 13.8 Å². The number of para-hydroxylation sites is 1. The molecule has 0 unspecified atom stereocenters. The van der Waals surface area contributed by atoms with Crippen molar-refractivity contribution in [3.8, 4) is 0 Å². The zero-order valence-electron chi connectivity index (χ0n) is 10.4. The zero-order chi connectivity index (χ0) is 15.0. The summed E-state index contributed by atoms with van der Waals surface area (Å²) in [5, 5.41) is 3.37. The lowest BCUT2D eigenvalue weighted by atomic mass is 10.2. The molecule has 0 aliphatic carbocycles. The summed E-state index contributed by atoms with van der Waals surface area (Å²) in [5.74, 6) is -2.64. The lowest BCUT2D eigenvalue weighted by Gasteiger charge is -2.01. The van der Waals surface area contributed by atoms with Crippen LogP contribution >= 0.6 is 22.9 Å². The summed E-state index contributed by atoms with van der Waals surface area (Å²) in [6.45, 7) is 0. The highest BCUT2D eigenvalue weighted by molar-refractivity contribution is 7.22. The number of halogens is 3. The molecule has 106 valence electrons. The molecule has 3 rings (SSSR count). The molecule has 0 radical (unpaired) electrons. The monoisotopic (exact) mass is 324 g/mol. The van der Waals surface area contributed by atoms with Crippen LogP contribution in [0.4, 0.5) is 13.9 Å². The fraction of sp³-hybridized carbons (Fsp3) is 0. The second kappa shape index (κ2) is 5.38. The van der Waals surface area contributed by atoms with E-state index in [4.69, 9.17) is 11.6 Å². The number of carbonyl (C=O) groups excluding carboxylic acids is 1. The Balaban J connectivity index is 1.89. The molecular weight excluding hydrogens is 318 g/mol. The Morgan fingerprint density at radius 3 is 2.71 bits per heavy atom. The van der Waals surface area contributed by atoms with Gasteiger partial charge in [-0.3, -0.25) is 10.1 Å². The van der Waals surface area contributed by atoms with E-state index in [1.54, 1.807) is 12.1 Å². The van der Waals surface area contributed by atoms with Crippen LogP contribution in [0.3, 0.4) is 0 Å². The van der Waals surface area contributed by atoms with Crippen molar-refractivity contribution < 1.29 is 13.6 Å². The van der Waals surface area contributed by atoms with Gasteiger partial charge in [0.05, 0.1) is 9.72 Å². The molecule has 21 heavy (non-hydrogen) atoms. The van der Waals surface area contributed by atoms with Crippen LogP contribution in [-0.4, -0.2) is 10.9 Å². The van der Waals surface area contributed by atoms with Gasteiger partial charge in [0.25, 0.3) is 5.91 Å². The molecule has 0 atom stereocenters. The number of hydrogen-bond donors (Lipinski definition) is 1. The number of amides is 1. The molecule has 1 N–H and O–H groups in total. The van der Waals surface area contributed by atoms with Gasteiger partial charge in [-0.1, -0.05) is 29.0 Å². The van der Waals surface area contributed by atoms with Gasteiger partial charge in [0.1, 0.15) is 5.52 Å². The summed E-state index contributed by atoms with van der Waals surface area (Å²) >= 11 is 7.25. The van der Waals surface area contributed by atoms with Crippen LogP contribution in [0.15, 0.2) is 36.4 Å². The van der Waals surface area contributed by atoms with Crippen molar-refractivity contribution in [2.45, 2.75) is 0 Å². The number of hydrogen-bond acceptors (Lipinski definition) is 3. The van der Waals surface area contributed by atoms with Crippen molar-refractivity contribution in [3.63, 3.8) is 0 Å². The summed E-state index contributed by atoms with van der Waals surface area (Å²) in [6.07, 6.45) is 0. The van der Waals surface area contributed by atoms with Crippen molar-refractivity contribution in [1.82, 2.24) is 4.98 Å². The highest BCUT2D eigenvalue weighted by atomic mass is 35.5. The van der Waals surface area contributed by atoms with Gasteiger partial charge >= 0.3 is 0 Å². The average Bonchev–Trinajstić information content (AvgIpc) is 2.86. The fourth-order valence-electron chi connectivity index (χ4n) is 1.78. The smallest absolute Gasteiger partial charge is 0.257 e. The van der Waals surface area contributed by atoms with Gasteiger partial charge in [-0.05, 0) is 30.3 Å². The van der Waals surface area contributed by atoms with Gasteiger partial charge in [0.15, 0.2) is 16.8 Å². The first kappa shape index (κ1) is 13.9. The second-order valence-corrected chi connectivity index (χ2v) is 5.63. The molecule has 2 aromatic carbocycles. The number of nitrogens with zero attached hydrogens (tertiary/aromatic N) is 1. The summed E-state index contributed by atoms with van der Waals surface area (Å²) in [5.41, 5.74) is 0.601. The summed E-state index contributed by atoms with van der Waals surface area (Å²) in [7, 11) is 0. The van der Waals surface area contributed by atoms with Gasteiger partial charge < -0.3 is 0 Å². The Kier molecular flexibility index (Phi) is 3.57. The predicted octanol–water partition coefficient (Wildman–Crippen LogP) is 4.48. The normalized spacial score (nSPS) is 10.8. The lowest BCUT2D eigenvalue weighted by Crippen LogP contribution is -2.12. The van der Waals surface area contributed by atoms with E-state index in [0.29, 0.717) is 15.7 Å². The number of carbonyl (C=O) groups is 1. The molecule has 0 saturated heterocycles. The lowest BCUT2D eigenvalue weighted by molar-refractivity contribution is 0.102. The number of thiazole rings is 1. The Bertz CT molecular complexity index is 850. The number of rotatable bonds is 2. The van der Waals surface area contributed by atoms with E-state index in [2.05, 4.69) is 10.3 Å². The van der Waals surface area contributed by atoms with Gasteiger partial charge in [-0.2, -0.15) is 0 Å². The van der Waals surface area contributed by atoms with Crippen molar-refractivity contribution in [2.75, 3.05) is 5.32 Å². The third kappa shape index (κ3) is 2.72. The van der Waals surface area contributed by atoms with Crippen LogP contribution in [0, 0.1) is 11.6 Å². The Labute approximate surface area is 127 Å². The van der Waals surface area contributed by atoms with E-state index in [9.17, 15) is 13.6 Å². The molecule has 0 saturated carbocycles. The van der Waals surface area contributed by atoms with Crippen molar-refractivity contribution >= 4 is 44.2 Å². The Morgan fingerprint density at radius 1 is 1.19 bits per heavy atom. The summed E-state index contributed by atoms with van der Waals surface area (Å²) in [6, 6.07) is 8.25. The highest BCUT2D eigenvalue weighted by Gasteiger charge is 2.13. The van der Waals surface area contributed by atoms with Crippen molar-refractivity contribution in [1.29, 1.82) is 0 Å². The van der Waals surface area contributed by atoms with Crippen molar-refractivity contribution in [2.24, 2.45) is 0 Å². The van der Waals surface area contributed by atoms with E-state index >= 15 is 0 Å². The van der Waals surface area contributed by atoms with E-state index in [0.717, 1.165) is 16.8 Å². The molecule has 1 amide bonds. The first-order valence-corrected chi connectivity index (χ1v) is 7.05. The molecule has 0 bridgehead atoms. The first-order valence-electron chi connectivity index (χ1n) is 5.86. The highest BCUT2D eigenvalue weighted by Crippen LogP contribution is 2.30. The van der Waals surface area contributed by atoms with Crippen molar-refractivity contribution in [3.05, 3.63) is 58.6 Å². The third-order valence-corrected chi connectivity index (χ3v) is 4.01. The molecule has 7 heteroatoms. The molecule has 1 aromatic heterocycles. The third-order valence-electron chi connectivity index (χ3n) is 2.77. The number of nitrogens with one attached hydrogen (secondary N) is 1. The minimum atomic E-state index is -1.07. The molecule has 0 spiro atoms. The van der Waals surface area contributed by atoms with Gasteiger partial charge in [0, 0.05) is 5.56 Å².